The standard InChI is InChI=1S/C22H16ClFN6/c1-11(21-29-20(25)19-22(30-21)27-10-26-19)18-14(12-4-2-5-13(24)8-12)9-15-16(23)6-3-7-17(15)28-18/h2-11H,1H3,(H3,25,26,27,29,30)/t11-/m0/s1. The fraction of sp³-hybridized carbons (Fsp3) is 0.0909. The molecule has 1 atom stereocenters. The second kappa shape index (κ2) is 7.03. The van der Waals surface area contributed by atoms with Gasteiger partial charge >= 0.3 is 0 Å². The molecule has 0 aliphatic carbocycles. The summed E-state index contributed by atoms with van der Waals surface area (Å²) in [6.45, 7) is 1.94. The molecule has 3 aromatic heterocycles. The topological polar surface area (TPSA) is 93.4 Å². The van der Waals surface area contributed by atoms with Crippen LogP contribution in [0.1, 0.15) is 24.4 Å². The summed E-state index contributed by atoms with van der Waals surface area (Å²) in [4.78, 5) is 21.0. The molecule has 148 valence electrons. The third-order valence-electron chi connectivity index (χ3n) is 5.10. The van der Waals surface area contributed by atoms with Crippen molar-refractivity contribution in [2.24, 2.45) is 0 Å². The zero-order chi connectivity index (χ0) is 20.8. The predicted molar refractivity (Wildman–Crippen MR) is 116 cm³/mol. The molecule has 3 N–H and O–H groups in total. The van der Waals surface area contributed by atoms with E-state index in [0.717, 1.165) is 16.5 Å². The van der Waals surface area contributed by atoms with E-state index in [1.165, 1.54) is 18.5 Å². The summed E-state index contributed by atoms with van der Waals surface area (Å²) < 4.78 is 14.0. The SMILES string of the molecule is C[C@H](c1nc(N)c2[nH]cnc2n1)c1nc2cccc(Cl)c2cc1-c1cccc(F)c1. The fourth-order valence-electron chi connectivity index (χ4n) is 3.58. The van der Waals surface area contributed by atoms with E-state index in [1.54, 1.807) is 12.1 Å². The van der Waals surface area contributed by atoms with Gasteiger partial charge in [-0.05, 0) is 42.8 Å². The number of imidazole rings is 1. The minimum absolute atomic E-state index is 0.315. The van der Waals surface area contributed by atoms with E-state index in [-0.39, 0.29) is 11.7 Å². The molecule has 5 rings (SSSR count). The van der Waals surface area contributed by atoms with Crippen LogP contribution < -0.4 is 5.73 Å². The number of nitrogens with two attached hydrogens (primary N) is 1. The van der Waals surface area contributed by atoms with Gasteiger partial charge in [-0.3, -0.25) is 4.98 Å². The van der Waals surface area contributed by atoms with Crippen LogP contribution in [0.2, 0.25) is 5.02 Å². The minimum Gasteiger partial charge on any atom is -0.382 e. The number of pyridine rings is 1. The Kier molecular flexibility index (Phi) is 4.33. The van der Waals surface area contributed by atoms with Crippen LogP contribution >= 0.6 is 11.6 Å². The number of anilines is 1. The lowest BCUT2D eigenvalue weighted by Crippen LogP contribution is -2.09. The highest BCUT2D eigenvalue weighted by Crippen LogP contribution is 2.36. The number of nitrogen functional groups attached to an aromatic ring is 1. The van der Waals surface area contributed by atoms with E-state index in [9.17, 15) is 4.39 Å². The lowest BCUT2D eigenvalue weighted by Gasteiger charge is -2.17. The molecular formula is C22H16ClFN6. The van der Waals surface area contributed by atoms with Crippen molar-refractivity contribution in [2.45, 2.75) is 12.8 Å². The summed E-state index contributed by atoms with van der Waals surface area (Å²) in [6, 6.07) is 13.9. The molecule has 6 nitrogen and oxygen atoms in total. The molecule has 0 amide bonds. The number of H-pyrrole nitrogens is 1. The molecule has 0 fully saturated rings. The Morgan fingerprint density at radius 1 is 1.07 bits per heavy atom. The van der Waals surface area contributed by atoms with Gasteiger partial charge in [0.15, 0.2) is 11.5 Å². The monoisotopic (exact) mass is 418 g/mol. The van der Waals surface area contributed by atoms with Crippen molar-refractivity contribution in [3.8, 4) is 11.1 Å². The second-order valence-corrected chi connectivity index (χ2v) is 7.44. The number of benzene rings is 2. The summed E-state index contributed by atoms with van der Waals surface area (Å²) in [5.41, 5.74) is 10.0. The Labute approximate surface area is 176 Å². The molecule has 0 saturated carbocycles. The Bertz CT molecular complexity index is 1410. The molecule has 0 aliphatic heterocycles. The van der Waals surface area contributed by atoms with Gasteiger partial charge < -0.3 is 10.7 Å². The molecule has 0 unspecified atom stereocenters. The Hall–Kier alpha value is -3.58. The van der Waals surface area contributed by atoms with E-state index in [1.807, 2.05) is 31.2 Å². The third kappa shape index (κ3) is 3.04. The van der Waals surface area contributed by atoms with Gasteiger partial charge in [0, 0.05) is 16.0 Å². The van der Waals surface area contributed by atoms with Crippen molar-refractivity contribution in [3.63, 3.8) is 0 Å². The lowest BCUT2D eigenvalue weighted by molar-refractivity contribution is 0.628. The van der Waals surface area contributed by atoms with Gasteiger partial charge in [0.1, 0.15) is 17.2 Å². The first kappa shape index (κ1) is 18.4. The number of hydrogen-bond acceptors (Lipinski definition) is 5. The van der Waals surface area contributed by atoms with Crippen LogP contribution in [0.4, 0.5) is 10.2 Å². The first-order chi connectivity index (χ1) is 14.5. The second-order valence-electron chi connectivity index (χ2n) is 7.03. The van der Waals surface area contributed by atoms with Crippen LogP contribution in [0.25, 0.3) is 33.2 Å². The molecule has 0 aliphatic rings. The average molecular weight is 419 g/mol. The van der Waals surface area contributed by atoms with Crippen molar-refractivity contribution in [2.75, 3.05) is 5.73 Å². The van der Waals surface area contributed by atoms with Gasteiger partial charge in [0.05, 0.1) is 23.5 Å². The highest BCUT2D eigenvalue weighted by Gasteiger charge is 2.22. The van der Waals surface area contributed by atoms with E-state index in [0.29, 0.717) is 39.1 Å². The largest absolute Gasteiger partial charge is 0.382 e. The molecule has 0 spiro atoms. The highest BCUT2D eigenvalue weighted by molar-refractivity contribution is 6.35. The normalized spacial score (nSPS) is 12.5. The molecule has 5 aromatic rings. The van der Waals surface area contributed by atoms with E-state index in [2.05, 4.69) is 19.9 Å². The van der Waals surface area contributed by atoms with Crippen molar-refractivity contribution >= 4 is 39.5 Å². The number of nitrogens with zero attached hydrogens (tertiary/aromatic N) is 4. The minimum atomic E-state index is -0.330. The van der Waals surface area contributed by atoms with E-state index < -0.39 is 0 Å². The maximum absolute atomic E-state index is 14.0. The van der Waals surface area contributed by atoms with Crippen molar-refractivity contribution in [3.05, 3.63) is 77.2 Å². The third-order valence-corrected chi connectivity index (χ3v) is 5.43. The molecule has 0 radical (unpaired) electrons. The summed E-state index contributed by atoms with van der Waals surface area (Å²) in [5.74, 6) is 0.146. The molecule has 3 heterocycles. The van der Waals surface area contributed by atoms with Crippen LogP contribution in [0.5, 0.6) is 0 Å². The zero-order valence-electron chi connectivity index (χ0n) is 15.9. The first-order valence-corrected chi connectivity index (χ1v) is 9.70. The first-order valence-electron chi connectivity index (χ1n) is 9.33. The number of fused-ring (bicyclic) bond motifs is 2. The van der Waals surface area contributed by atoms with Gasteiger partial charge in [-0.1, -0.05) is 29.8 Å². The number of rotatable bonds is 3. The maximum atomic E-state index is 14.0. The van der Waals surface area contributed by atoms with Crippen LogP contribution in [-0.4, -0.2) is 24.9 Å². The Balaban J connectivity index is 1.76. The van der Waals surface area contributed by atoms with Crippen LogP contribution in [-0.2, 0) is 0 Å². The van der Waals surface area contributed by atoms with Crippen molar-refractivity contribution in [1.82, 2.24) is 24.9 Å². The van der Waals surface area contributed by atoms with Crippen LogP contribution in [0.15, 0.2) is 54.9 Å². The van der Waals surface area contributed by atoms with Crippen molar-refractivity contribution in [1.29, 1.82) is 0 Å². The van der Waals surface area contributed by atoms with Gasteiger partial charge in [-0.25, -0.2) is 19.3 Å². The van der Waals surface area contributed by atoms with Crippen LogP contribution in [0.3, 0.4) is 0 Å². The van der Waals surface area contributed by atoms with Gasteiger partial charge in [-0.15, -0.1) is 0 Å². The number of aromatic amines is 1. The van der Waals surface area contributed by atoms with E-state index >= 15 is 0 Å². The summed E-state index contributed by atoms with van der Waals surface area (Å²) in [7, 11) is 0. The number of hydrogen-bond donors (Lipinski definition) is 2. The summed E-state index contributed by atoms with van der Waals surface area (Å²) in [5, 5.41) is 1.37. The molecule has 0 saturated heterocycles. The van der Waals surface area contributed by atoms with Gasteiger partial charge in [0.2, 0.25) is 0 Å². The molecule has 30 heavy (non-hydrogen) atoms. The fourth-order valence-corrected chi connectivity index (χ4v) is 3.80. The Morgan fingerprint density at radius 3 is 2.73 bits per heavy atom. The lowest BCUT2D eigenvalue weighted by atomic mass is 9.94. The highest BCUT2D eigenvalue weighted by atomic mass is 35.5. The quantitative estimate of drug-likeness (QED) is 0.425. The molecular weight excluding hydrogens is 403 g/mol. The number of aromatic nitrogens is 5. The maximum Gasteiger partial charge on any atom is 0.183 e. The summed E-state index contributed by atoms with van der Waals surface area (Å²) >= 11 is 6.40. The van der Waals surface area contributed by atoms with E-state index in [4.69, 9.17) is 22.3 Å². The van der Waals surface area contributed by atoms with Gasteiger partial charge in [-0.2, -0.15) is 0 Å². The van der Waals surface area contributed by atoms with Crippen molar-refractivity contribution < 1.29 is 4.39 Å². The number of nitrogens with one attached hydrogen (secondary N) is 1. The van der Waals surface area contributed by atoms with Crippen LogP contribution in [0, 0.1) is 5.82 Å². The smallest absolute Gasteiger partial charge is 0.183 e. The molecule has 0 bridgehead atoms. The number of halogens is 2. The molecule has 2 aromatic carbocycles. The molecule has 8 heteroatoms. The zero-order valence-corrected chi connectivity index (χ0v) is 16.7. The Morgan fingerprint density at radius 2 is 1.90 bits per heavy atom. The predicted octanol–water partition coefficient (Wildman–Crippen LogP) is 5.09. The summed E-state index contributed by atoms with van der Waals surface area (Å²) in [6.07, 6.45) is 1.53. The average Bonchev–Trinajstić information content (AvgIpc) is 3.22. The van der Waals surface area contributed by atoms with Gasteiger partial charge in [0.25, 0.3) is 0 Å².